The molecule has 0 spiro atoms. The molecule has 11 heteroatoms. The van der Waals surface area contributed by atoms with Crippen molar-refractivity contribution in [3.8, 4) is 22.6 Å². The van der Waals surface area contributed by atoms with Gasteiger partial charge in [0.1, 0.15) is 17.1 Å². The van der Waals surface area contributed by atoms with Crippen LogP contribution in [0.3, 0.4) is 0 Å². The lowest BCUT2D eigenvalue weighted by Crippen LogP contribution is -2.29. The predicted molar refractivity (Wildman–Crippen MR) is 154 cm³/mol. The molecule has 2 aromatic heterocycles. The van der Waals surface area contributed by atoms with E-state index in [-0.39, 0.29) is 21.6 Å². The fraction of sp³-hybridized carbons (Fsp3) is 0.321. The highest BCUT2D eigenvalue weighted by atomic mass is 35.5. The fourth-order valence-corrected chi connectivity index (χ4v) is 5.39. The molecule has 1 aliphatic heterocycles. The van der Waals surface area contributed by atoms with E-state index in [2.05, 4.69) is 10.3 Å². The molecule has 3 N–H and O–H groups in total. The van der Waals surface area contributed by atoms with E-state index in [1.54, 1.807) is 22.9 Å². The Bertz CT molecular complexity index is 1520. The van der Waals surface area contributed by atoms with Gasteiger partial charge in [-0.15, -0.1) is 0 Å². The van der Waals surface area contributed by atoms with Gasteiger partial charge < -0.3 is 25.3 Å². The molecule has 0 radical (unpaired) electrons. The molecule has 0 unspecified atom stereocenters. The monoisotopic (exact) mass is 569 g/mol. The van der Waals surface area contributed by atoms with Crippen LogP contribution in [0, 0.1) is 0 Å². The van der Waals surface area contributed by atoms with Gasteiger partial charge in [0.25, 0.3) is 5.56 Å². The molecule has 0 bridgehead atoms. The van der Waals surface area contributed by atoms with E-state index in [1.165, 1.54) is 14.2 Å². The number of ether oxygens (including phenoxy) is 3. The molecule has 9 nitrogen and oxygen atoms in total. The zero-order valence-corrected chi connectivity index (χ0v) is 23.2. The van der Waals surface area contributed by atoms with Crippen molar-refractivity contribution in [3.63, 3.8) is 0 Å². The van der Waals surface area contributed by atoms with Gasteiger partial charge in [-0.2, -0.15) is 4.98 Å². The van der Waals surface area contributed by atoms with Crippen LogP contribution in [0.5, 0.6) is 11.5 Å². The number of methoxy groups -OCH3 is 2. The van der Waals surface area contributed by atoms with E-state index >= 15 is 0 Å². The Kier molecular flexibility index (Phi) is 8.11. The molecule has 5 rings (SSSR count). The number of anilines is 2. The van der Waals surface area contributed by atoms with E-state index in [0.717, 1.165) is 18.4 Å². The Morgan fingerprint density at radius 3 is 2.38 bits per heavy atom. The summed E-state index contributed by atoms with van der Waals surface area (Å²) < 4.78 is 18.0. The molecular weight excluding hydrogens is 541 g/mol. The van der Waals surface area contributed by atoms with Crippen molar-refractivity contribution in [2.45, 2.75) is 31.8 Å². The largest absolute Gasteiger partial charge is 0.495 e. The summed E-state index contributed by atoms with van der Waals surface area (Å²) in [5, 5.41) is 4.47. The average molecular weight is 570 g/mol. The third kappa shape index (κ3) is 5.61. The average Bonchev–Trinajstić information content (AvgIpc) is 2.95. The number of pyridine rings is 1. The van der Waals surface area contributed by atoms with Crippen LogP contribution in [0.25, 0.3) is 22.2 Å². The van der Waals surface area contributed by atoms with Gasteiger partial charge in [-0.3, -0.25) is 9.36 Å². The number of nitrogen functional groups attached to an aromatic ring is 1. The fourth-order valence-electron chi connectivity index (χ4n) is 4.69. The smallest absolute Gasteiger partial charge is 0.260 e. The number of aromatic nitrogens is 3. The highest BCUT2D eigenvalue weighted by Crippen LogP contribution is 2.45. The molecule has 0 amide bonds. The number of nitrogens with two attached hydrogens (primary N) is 1. The normalized spacial score (nSPS) is 13.9. The van der Waals surface area contributed by atoms with Gasteiger partial charge in [0.2, 0.25) is 5.95 Å². The second-order valence-corrected chi connectivity index (χ2v) is 10.0. The molecule has 0 saturated carbocycles. The maximum Gasteiger partial charge on any atom is 0.260 e. The van der Waals surface area contributed by atoms with E-state index < -0.39 is 0 Å². The molecule has 2 aromatic carbocycles. The van der Waals surface area contributed by atoms with Crippen LogP contribution in [0.2, 0.25) is 10.0 Å². The van der Waals surface area contributed by atoms with Gasteiger partial charge in [0, 0.05) is 54.7 Å². The Hall–Kier alpha value is -3.53. The summed E-state index contributed by atoms with van der Waals surface area (Å²) in [5.41, 5.74) is 8.39. The minimum absolute atomic E-state index is 0.201. The van der Waals surface area contributed by atoms with Crippen molar-refractivity contribution >= 4 is 45.9 Å². The third-order valence-corrected chi connectivity index (χ3v) is 7.58. The molecule has 1 saturated heterocycles. The van der Waals surface area contributed by atoms with E-state index in [0.29, 0.717) is 71.5 Å². The highest BCUT2D eigenvalue weighted by molar-refractivity contribution is 6.41. The lowest BCUT2D eigenvalue weighted by Gasteiger charge is -2.23. The summed E-state index contributed by atoms with van der Waals surface area (Å²) in [5.74, 6) is 1.14. The number of hydrogen-bond donors (Lipinski definition) is 2. The summed E-state index contributed by atoms with van der Waals surface area (Å²) in [6, 6.07) is 11.1. The first-order chi connectivity index (χ1) is 18.9. The molecular formula is C28H29Cl2N5O4. The van der Waals surface area contributed by atoms with Crippen LogP contribution in [0.1, 0.15) is 18.4 Å². The van der Waals surface area contributed by atoms with Crippen molar-refractivity contribution in [3.05, 3.63) is 68.6 Å². The van der Waals surface area contributed by atoms with E-state index in [1.807, 2.05) is 24.3 Å². The third-order valence-electron chi connectivity index (χ3n) is 6.83. The van der Waals surface area contributed by atoms with Crippen molar-refractivity contribution in [1.29, 1.82) is 0 Å². The number of rotatable bonds is 8. The first-order valence-electron chi connectivity index (χ1n) is 12.6. The van der Waals surface area contributed by atoms with Gasteiger partial charge >= 0.3 is 0 Å². The van der Waals surface area contributed by atoms with Gasteiger partial charge in [-0.25, -0.2) is 4.98 Å². The summed E-state index contributed by atoms with van der Waals surface area (Å²) in [6.07, 6.45) is 4.00. The Morgan fingerprint density at radius 2 is 1.74 bits per heavy atom. The maximum absolute atomic E-state index is 14.1. The highest BCUT2D eigenvalue weighted by Gasteiger charge is 2.23. The minimum atomic E-state index is -0.298. The number of nitrogens with one attached hydrogen (secondary N) is 1. The van der Waals surface area contributed by atoms with E-state index in [4.69, 9.17) is 48.1 Å². The first-order valence-corrected chi connectivity index (χ1v) is 13.3. The Balaban J connectivity index is 1.65. The summed E-state index contributed by atoms with van der Waals surface area (Å²) >= 11 is 13.4. The molecule has 1 aliphatic rings. The first kappa shape index (κ1) is 27.1. The number of benzene rings is 2. The van der Waals surface area contributed by atoms with Gasteiger partial charge in [0.05, 0.1) is 29.8 Å². The minimum Gasteiger partial charge on any atom is -0.495 e. The molecule has 204 valence electrons. The quantitative estimate of drug-likeness (QED) is 0.278. The lowest BCUT2D eigenvalue weighted by molar-refractivity contribution is 0.0903. The number of nitrogens with zero attached hydrogens (tertiary/aromatic N) is 3. The van der Waals surface area contributed by atoms with Crippen LogP contribution in [-0.2, 0) is 17.7 Å². The second kappa shape index (κ2) is 11.7. The zero-order chi connectivity index (χ0) is 27.5. The molecule has 1 fully saturated rings. The van der Waals surface area contributed by atoms with Crippen LogP contribution in [-0.4, -0.2) is 48.0 Å². The number of halogens is 2. The van der Waals surface area contributed by atoms with Crippen molar-refractivity contribution < 1.29 is 14.2 Å². The number of hydrogen-bond acceptors (Lipinski definition) is 8. The van der Waals surface area contributed by atoms with Crippen LogP contribution < -0.4 is 26.1 Å². The van der Waals surface area contributed by atoms with Crippen LogP contribution >= 0.6 is 23.2 Å². The van der Waals surface area contributed by atoms with Gasteiger partial charge in [-0.05, 0) is 43.0 Å². The molecule has 39 heavy (non-hydrogen) atoms. The van der Waals surface area contributed by atoms with Crippen molar-refractivity contribution in [1.82, 2.24) is 14.5 Å². The zero-order valence-electron chi connectivity index (χ0n) is 21.7. The summed E-state index contributed by atoms with van der Waals surface area (Å²) in [6.45, 7) is 1.73. The van der Waals surface area contributed by atoms with Crippen LogP contribution in [0.15, 0.2) is 47.4 Å². The Morgan fingerprint density at radius 1 is 1.08 bits per heavy atom. The SMILES string of the molecule is COc1cc(OC)c(Cl)c(-c2cc3cnc(NC4CCOCC4)nc3n(CCc3ccc(N)cc3)c2=O)c1Cl. The lowest BCUT2D eigenvalue weighted by atomic mass is 10.0. The predicted octanol–water partition coefficient (Wildman–Crippen LogP) is 5.20. The molecule has 3 heterocycles. The van der Waals surface area contributed by atoms with Crippen LogP contribution in [0.4, 0.5) is 11.6 Å². The molecule has 0 aliphatic carbocycles. The van der Waals surface area contributed by atoms with Gasteiger partial charge in [-0.1, -0.05) is 35.3 Å². The summed E-state index contributed by atoms with van der Waals surface area (Å²) in [4.78, 5) is 23.4. The topological polar surface area (TPSA) is 114 Å². The second-order valence-electron chi connectivity index (χ2n) is 9.29. The summed E-state index contributed by atoms with van der Waals surface area (Å²) in [7, 11) is 2.98. The standard InChI is InChI=1S/C28H29Cl2N5O4/c1-37-21-14-22(38-2)25(30)23(24(21)29)20-13-17-15-32-28(33-19-8-11-39-12-9-19)34-26(17)35(27(20)36)10-7-16-3-5-18(31)6-4-16/h3-6,13-15,19H,7-12,31H2,1-2H3,(H,32,33,34). The maximum atomic E-state index is 14.1. The Labute approximate surface area is 235 Å². The van der Waals surface area contributed by atoms with Crippen molar-refractivity contribution in [2.75, 3.05) is 38.5 Å². The van der Waals surface area contributed by atoms with Gasteiger partial charge in [0.15, 0.2) is 0 Å². The number of aryl methyl sites for hydroxylation is 2. The van der Waals surface area contributed by atoms with Crippen molar-refractivity contribution in [2.24, 2.45) is 0 Å². The molecule has 0 atom stereocenters. The molecule has 4 aromatic rings. The number of fused-ring (bicyclic) bond motifs is 1. The van der Waals surface area contributed by atoms with E-state index in [9.17, 15) is 4.79 Å².